The number of hydrogen-bond donors (Lipinski definition) is 0. The summed E-state index contributed by atoms with van der Waals surface area (Å²) >= 11 is 0. The summed E-state index contributed by atoms with van der Waals surface area (Å²) in [6.07, 6.45) is 2.45. The van der Waals surface area contributed by atoms with Crippen molar-refractivity contribution in [2.75, 3.05) is 20.3 Å². The molecule has 0 bridgehead atoms. The van der Waals surface area contributed by atoms with Crippen molar-refractivity contribution in [3.8, 4) is 0 Å². The highest BCUT2D eigenvalue weighted by Gasteiger charge is 2.23. The molecule has 0 N–H and O–H groups in total. The molecule has 0 aromatic heterocycles. The molecule has 0 aliphatic carbocycles. The second-order valence-electron chi connectivity index (χ2n) is 4.31. The van der Waals surface area contributed by atoms with E-state index in [4.69, 9.17) is 4.74 Å². The topological polar surface area (TPSA) is 24.8 Å². The second kappa shape index (κ2) is 5.35. The molecule has 0 aromatic carbocycles. The summed E-state index contributed by atoms with van der Waals surface area (Å²) in [5.74, 6) is 0.541. The number of ether oxygens (including phenoxy) is 1. The Kier molecular flexibility index (Phi) is 4.39. The van der Waals surface area contributed by atoms with Gasteiger partial charge in [0, 0.05) is 19.4 Å². The number of hydrazone groups is 1. The van der Waals surface area contributed by atoms with Crippen LogP contribution in [0.5, 0.6) is 0 Å². The summed E-state index contributed by atoms with van der Waals surface area (Å²) < 4.78 is 5.19. The molecule has 1 heterocycles. The summed E-state index contributed by atoms with van der Waals surface area (Å²) in [6, 6.07) is 0.494. The molecule has 0 radical (unpaired) electrons. The summed E-state index contributed by atoms with van der Waals surface area (Å²) in [6.45, 7) is 8.35. The monoisotopic (exact) mass is 198 g/mol. The van der Waals surface area contributed by atoms with Crippen LogP contribution in [0.1, 0.15) is 33.6 Å². The average molecular weight is 198 g/mol. The smallest absolute Gasteiger partial charge is 0.0704 e. The summed E-state index contributed by atoms with van der Waals surface area (Å²) in [5, 5.41) is 6.84. The van der Waals surface area contributed by atoms with Crippen molar-refractivity contribution in [1.82, 2.24) is 5.01 Å². The number of rotatable bonds is 4. The second-order valence-corrected chi connectivity index (χ2v) is 4.31. The van der Waals surface area contributed by atoms with Crippen LogP contribution in [-0.2, 0) is 4.74 Å². The molecule has 0 spiro atoms. The third kappa shape index (κ3) is 2.98. The van der Waals surface area contributed by atoms with Crippen LogP contribution >= 0.6 is 0 Å². The first-order valence-corrected chi connectivity index (χ1v) is 5.45. The minimum Gasteiger partial charge on any atom is -0.382 e. The zero-order valence-electron chi connectivity index (χ0n) is 9.79. The van der Waals surface area contributed by atoms with Crippen molar-refractivity contribution < 1.29 is 4.74 Å². The minimum absolute atomic E-state index is 0.494. The van der Waals surface area contributed by atoms with Crippen LogP contribution in [0, 0.1) is 5.92 Å². The lowest BCUT2D eigenvalue weighted by atomic mass is 10.1. The minimum atomic E-state index is 0.494. The molecule has 1 aliphatic heterocycles. The third-order valence-electron chi connectivity index (χ3n) is 2.83. The molecule has 0 unspecified atom stereocenters. The Morgan fingerprint density at radius 1 is 1.57 bits per heavy atom. The first-order valence-electron chi connectivity index (χ1n) is 5.45. The van der Waals surface area contributed by atoms with E-state index in [1.54, 1.807) is 7.11 Å². The molecule has 14 heavy (non-hydrogen) atoms. The van der Waals surface area contributed by atoms with E-state index >= 15 is 0 Å². The number of hydrogen-bond acceptors (Lipinski definition) is 3. The normalized spacial score (nSPS) is 23.6. The van der Waals surface area contributed by atoms with Gasteiger partial charge in [0.25, 0.3) is 0 Å². The standard InChI is InChI=1S/C11H22N2O/c1-9(2)10(3)12-13-7-5-6-11(13)8-14-4/h9,11H,5-8H2,1-4H3/b12-10+/t11-/m0/s1. The van der Waals surface area contributed by atoms with E-state index in [0.29, 0.717) is 12.0 Å². The van der Waals surface area contributed by atoms with Gasteiger partial charge in [-0.1, -0.05) is 13.8 Å². The zero-order chi connectivity index (χ0) is 10.6. The van der Waals surface area contributed by atoms with Gasteiger partial charge in [-0.05, 0) is 25.7 Å². The van der Waals surface area contributed by atoms with Crippen LogP contribution in [0.25, 0.3) is 0 Å². The molecular weight excluding hydrogens is 176 g/mol. The Hall–Kier alpha value is -0.570. The van der Waals surface area contributed by atoms with Gasteiger partial charge in [0.2, 0.25) is 0 Å². The Bertz CT molecular complexity index is 201. The number of nitrogens with zero attached hydrogens (tertiary/aromatic N) is 2. The molecule has 3 heteroatoms. The maximum absolute atomic E-state index is 5.19. The van der Waals surface area contributed by atoms with Crippen LogP contribution < -0.4 is 0 Å². The Labute approximate surface area is 87.1 Å². The molecule has 1 atom stereocenters. The van der Waals surface area contributed by atoms with Gasteiger partial charge in [-0.2, -0.15) is 5.10 Å². The molecule has 1 aliphatic rings. The highest BCUT2D eigenvalue weighted by molar-refractivity contribution is 5.83. The molecule has 0 saturated carbocycles. The Balaban J connectivity index is 2.54. The first kappa shape index (κ1) is 11.5. The van der Waals surface area contributed by atoms with Crippen LogP contribution in [-0.4, -0.2) is 37.0 Å². The SMILES string of the molecule is COC[C@@H]1CCCN1/N=C(\C)C(C)C. The predicted molar refractivity (Wildman–Crippen MR) is 59.6 cm³/mol. The fraction of sp³-hybridized carbons (Fsp3) is 0.909. The lowest BCUT2D eigenvalue weighted by molar-refractivity contribution is 0.117. The molecule has 0 amide bonds. The van der Waals surface area contributed by atoms with Gasteiger partial charge in [0.1, 0.15) is 0 Å². The predicted octanol–water partition coefficient (Wildman–Crippen LogP) is 2.13. The fourth-order valence-electron chi connectivity index (χ4n) is 1.63. The van der Waals surface area contributed by atoms with Gasteiger partial charge < -0.3 is 4.74 Å². The molecule has 82 valence electrons. The quantitative estimate of drug-likeness (QED) is 0.646. The molecule has 0 aromatic rings. The maximum Gasteiger partial charge on any atom is 0.0704 e. The van der Waals surface area contributed by atoms with Crippen molar-refractivity contribution in [2.45, 2.75) is 39.7 Å². The van der Waals surface area contributed by atoms with Crippen LogP contribution in [0.3, 0.4) is 0 Å². The lowest BCUT2D eigenvalue weighted by Crippen LogP contribution is -2.29. The molecule has 1 rings (SSSR count). The van der Waals surface area contributed by atoms with Gasteiger partial charge >= 0.3 is 0 Å². The van der Waals surface area contributed by atoms with E-state index in [2.05, 4.69) is 30.9 Å². The van der Waals surface area contributed by atoms with Crippen molar-refractivity contribution in [1.29, 1.82) is 0 Å². The molecule has 1 saturated heterocycles. The van der Waals surface area contributed by atoms with Crippen LogP contribution in [0.2, 0.25) is 0 Å². The van der Waals surface area contributed by atoms with E-state index in [1.165, 1.54) is 18.6 Å². The highest BCUT2D eigenvalue weighted by atomic mass is 16.5. The molecular formula is C11H22N2O. The lowest BCUT2D eigenvalue weighted by Gasteiger charge is -2.22. The maximum atomic E-state index is 5.19. The van der Waals surface area contributed by atoms with Crippen molar-refractivity contribution >= 4 is 5.71 Å². The van der Waals surface area contributed by atoms with Crippen molar-refractivity contribution in [3.05, 3.63) is 0 Å². The van der Waals surface area contributed by atoms with Crippen molar-refractivity contribution in [2.24, 2.45) is 11.0 Å². The van der Waals surface area contributed by atoms with Crippen LogP contribution in [0.15, 0.2) is 5.10 Å². The van der Waals surface area contributed by atoms with Crippen molar-refractivity contribution in [3.63, 3.8) is 0 Å². The first-order chi connectivity index (χ1) is 6.65. The van der Waals surface area contributed by atoms with Gasteiger partial charge in [0.05, 0.1) is 12.6 Å². The average Bonchev–Trinajstić information content (AvgIpc) is 2.53. The van der Waals surface area contributed by atoms with Gasteiger partial charge in [-0.25, -0.2) is 0 Å². The third-order valence-corrected chi connectivity index (χ3v) is 2.83. The van der Waals surface area contributed by atoms with Gasteiger partial charge in [-0.15, -0.1) is 0 Å². The van der Waals surface area contributed by atoms with Gasteiger partial charge in [-0.3, -0.25) is 5.01 Å². The van der Waals surface area contributed by atoms with Crippen LogP contribution in [0.4, 0.5) is 0 Å². The van der Waals surface area contributed by atoms with E-state index in [9.17, 15) is 0 Å². The summed E-state index contributed by atoms with van der Waals surface area (Å²) in [4.78, 5) is 0. The largest absolute Gasteiger partial charge is 0.382 e. The highest BCUT2D eigenvalue weighted by Crippen LogP contribution is 2.18. The van der Waals surface area contributed by atoms with E-state index in [0.717, 1.165) is 13.2 Å². The molecule has 1 fully saturated rings. The van der Waals surface area contributed by atoms with E-state index in [1.807, 2.05) is 0 Å². The van der Waals surface area contributed by atoms with E-state index in [-0.39, 0.29) is 0 Å². The summed E-state index contributed by atoms with van der Waals surface area (Å²) in [5.41, 5.74) is 1.22. The van der Waals surface area contributed by atoms with Gasteiger partial charge in [0.15, 0.2) is 0 Å². The summed E-state index contributed by atoms with van der Waals surface area (Å²) in [7, 11) is 1.76. The Morgan fingerprint density at radius 2 is 2.29 bits per heavy atom. The number of methoxy groups -OCH3 is 1. The molecule has 3 nitrogen and oxygen atoms in total. The zero-order valence-corrected chi connectivity index (χ0v) is 9.79. The Morgan fingerprint density at radius 3 is 2.86 bits per heavy atom. The fourth-order valence-corrected chi connectivity index (χ4v) is 1.63. The van der Waals surface area contributed by atoms with E-state index < -0.39 is 0 Å².